The van der Waals surface area contributed by atoms with Crippen molar-refractivity contribution in [2.75, 3.05) is 6.61 Å². The standard InChI is InChI=1S/C27H30O14/c1-9-19(31)22(34)24(36)26(38-9)18-15(40-27-25(37)23(35)20(32)16(8-28)41-27)7-14-17(21(18)33)12(30)6-13(39-14)10-2-4-11(29)5-3-10/h2-7,9,16,19-20,22-29,31-37H,8H2,1H3/t9-,16+,19-,20+,22+,23-,24+,25+,26-,27+/m0/s1. The number of aliphatic hydroxyl groups excluding tert-OH is 7. The van der Waals surface area contributed by atoms with Crippen LogP contribution >= 0.6 is 0 Å². The molecule has 1 aromatic heterocycles. The van der Waals surface area contributed by atoms with Gasteiger partial charge >= 0.3 is 0 Å². The highest BCUT2D eigenvalue weighted by atomic mass is 16.7. The highest BCUT2D eigenvalue weighted by Crippen LogP contribution is 2.46. The van der Waals surface area contributed by atoms with Crippen molar-refractivity contribution >= 4 is 11.0 Å². The van der Waals surface area contributed by atoms with E-state index in [0.29, 0.717) is 5.56 Å². The molecule has 2 aromatic carbocycles. The van der Waals surface area contributed by atoms with Crippen LogP contribution < -0.4 is 10.2 Å². The molecular formula is C27H30O14. The van der Waals surface area contributed by atoms with E-state index < -0.39 is 79.0 Å². The van der Waals surface area contributed by atoms with Crippen LogP contribution in [-0.2, 0) is 9.47 Å². The van der Waals surface area contributed by atoms with Gasteiger partial charge in [0.05, 0.1) is 18.3 Å². The van der Waals surface area contributed by atoms with E-state index in [1.807, 2.05) is 0 Å². The second-order valence-corrected chi connectivity index (χ2v) is 10.1. The van der Waals surface area contributed by atoms with Crippen molar-refractivity contribution < 1.29 is 64.6 Å². The minimum absolute atomic E-state index is 0.0260. The van der Waals surface area contributed by atoms with Crippen LogP contribution in [0, 0.1) is 0 Å². The summed E-state index contributed by atoms with van der Waals surface area (Å²) in [4.78, 5) is 13.2. The normalized spacial score (nSPS) is 34.0. The van der Waals surface area contributed by atoms with Crippen LogP contribution in [0.5, 0.6) is 17.2 Å². The van der Waals surface area contributed by atoms with Gasteiger partial charge in [0.2, 0.25) is 6.29 Å². The average molecular weight is 579 g/mol. The number of hydrogen-bond acceptors (Lipinski definition) is 14. The van der Waals surface area contributed by atoms with Crippen LogP contribution in [-0.4, -0.2) is 108 Å². The van der Waals surface area contributed by atoms with Crippen molar-refractivity contribution in [3.63, 3.8) is 0 Å². The summed E-state index contributed by atoms with van der Waals surface area (Å²) < 4.78 is 22.8. The number of ether oxygens (including phenoxy) is 3. The van der Waals surface area contributed by atoms with E-state index >= 15 is 0 Å². The second-order valence-electron chi connectivity index (χ2n) is 10.1. The summed E-state index contributed by atoms with van der Waals surface area (Å²) in [5, 5.41) is 92.4. The molecule has 10 atom stereocenters. The molecule has 2 aliphatic heterocycles. The number of aliphatic hydroxyl groups is 7. The Bertz CT molecular complexity index is 1450. The van der Waals surface area contributed by atoms with Crippen molar-refractivity contribution in [3.05, 3.63) is 52.2 Å². The van der Waals surface area contributed by atoms with Gasteiger partial charge in [-0.2, -0.15) is 0 Å². The Labute approximate surface area is 231 Å². The highest BCUT2D eigenvalue weighted by molar-refractivity contribution is 5.88. The molecule has 0 radical (unpaired) electrons. The maximum absolute atomic E-state index is 13.2. The van der Waals surface area contributed by atoms with Crippen LogP contribution in [0.3, 0.4) is 0 Å². The van der Waals surface area contributed by atoms with Crippen molar-refractivity contribution in [1.82, 2.24) is 0 Å². The third kappa shape index (κ3) is 5.14. The Kier molecular flexibility index (Phi) is 7.95. The number of rotatable bonds is 5. The lowest BCUT2D eigenvalue weighted by atomic mass is 9.90. The molecule has 0 bridgehead atoms. The first-order valence-electron chi connectivity index (χ1n) is 12.7. The maximum atomic E-state index is 13.2. The van der Waals surface area contributed by atoms with Gasteiger partial charge in [0, 0.05) is 17.7 Å². The Morgan fingerprint density at radius 2 is 1.49 bits per heavy atom. The van der Waals surface area contributed by atoms with E-state index in [2.05, 4.69) is 0 Å². The first-order valence-corrected chi connectivity index (χ1v) is 12.7. The van der Waals surface area contributed by atoms with Gasteiger partial charge in [0.15, 0.2) is 5.43 Å². The molecule has 222 valence electrons. The zero-order valence-corrected chi connectivity index (χ0v) is 21.5. The van der Waals surface area contributed by atoms with Gasteiger partial charge in [-0.15, -0.1) is 0 Å². The fourth-order valence-electron chi connectivity index (χ4n) is 5.01. The Balaban J connectivity index is 1.68. The first kappa shape index (κ1) is 29.2. The SMILES string of the molecule is C[C@@H]1O[C@@H](c2c(O[C@@H]3O[C@H](CO)[C@@H](O)[C@H](O)[C@H]3O)cc3oc(-c4ccc(O)cc4)cc(=O)c3c2O)[C@H](O)[C@H](O)[C@H]1O. The zero-order chi connectivity index (χ0) is 29.7. The molecule has 3 heterocycles. The number of phenolic OH excluding ortho intramolecular Hbond substituents is 2. The fraction of sp³-hybridized carbons (Fsp3) is 0.444. The molecule has 0 aliphatic carbocycles. The molecule has 14 heteroatoms. The van der Waals surface area contributed by atoms with Crippen LogP contribution in [0.1, 0.15) is 18.6 Å². The van der Waals surface area contributed by atoms with E-state index in [1.54, 1.807) is 0 Å². The highest BCUT2D eigenvalue weighted by Gasteiger charge is 2.47. The smallest absolute Gasteiger partial charge is 0.229 e. The van der Waals surface area contributed by atoms with Crippen LogP contribution in [0.4, 0.5) is 0 Å². The van der Waals surface area contributed by atoms with E-state index in [-0.39, 0.29) is 33.8 Å². The van der Waals surface area contributed by atoms with Crippen LogP contribution in [0.2, 0.25) is 0 Å². The molecule has 14 nitrogen and oxygen atoms in total. The zero-order valence-electron chi connectivity index (χ0n) is 21.5. The van der Waals surface area contributed by atoms with Gasteiger partial charge in [0.1, 0.15) is 82.8 Å². The first-order chi connectivity index (χ1) is 19.4. The van der Waals surface area contributed by atoms with Gasteiger partial charge in [-0.25, -0.2) is 0 Å². The molecule has 3 aromatic rings. The largest absolute Gasteiger partial charge is 0.508 e. The van der Waals surface area contributed by atoms with E-state index in [1.165, 1.54) is 31.2 Å². The number of benzene rings is 2. The van der Waals surface area contributed by atoms with Crippen molar-refractivity contribution in [1.29, 1.82) is 0 Å². The number of phenols is 2. The monoisotopic (exact) mass is 578 g/mol. The predicted octanol–water partition coefficient (Wildman–Crippen LogP) is -1.41. The molecule has 0 unspecified atom stereocenters. The Hall–Kier alpha value is -3.31. The third-order valence-electron chi connectivity index (χ3n) is 7.37. The van der Waals surface area contributed by atoms with Crippen LogP contribution in [0.25, 0.3) is 22.3 Å². The third-order valence-corrected chi connectivity index (χ3v) is 7.37. The molecule has 0 saturated carbocycles. The molecule has 2 saturated heterocycles. The number of aromatic hydroxyl groups is 2. The summed E-state index contributed by atoms with van der Waals surface area (Å²) in [6, 6.07) is 7.94. The Morgan fingerprint density at radius 1 is 0.829 bits per heavy atom. The average Bonchev–Trinajstić information content (AvgIpc) is 2.94. The lowest BCUT2D eigenvalue weighted by Gasteiger charge is -2.41. The van der Waals surface area contributed by atoms with Gasteiger partial charge in [-0.3, -0.25) is 4.79 Å². The van der Waals surface area contributed by atoms with E-state index in [0.717, 1.165) is 12.1 Å². The number of hydrogen-bond donors (Lipinski definition) is 9. The number of fused-ring (bicyclic) bond motifs is 1. The van der Waals surface area contributed by atoms with Gasteiger partial charge < -0.3 is 64.6 Å². The molecule has 2 fully saturated rings. The van der Waals surface area contributed by atoms with Crippen molar-refractivity contribution in [2.24, 2.45) is 0 Å². The maximum Gasteiger partial charge on any atom is 0.229 e. The summed E-state index contributed by atoms with van der Waals surface area (Å²) in [6.45, 7) is 0.652. The molecule has 41 heavy (non-hydrogen) atoms. The summed E-state index contributed by atoms with van der Waals surface area (Å²) >= 11 is 0. The minimum atomic E-state index is -1.86. The molecular weight excluding hydrogens is 548 g/mol. The fourth-order valence-corrected chi connectivity index (χ4v) is 5.01. The summed E-state index contributed by atoms with van der Waals surface area (Å²) in [6.07, 6.45) is -16.1. The quantitative estimate of drug-likeness (QED) is 0.169. The second kappa shape index (κ2) is 11.2. The van der Waals surface area contributed by atoms with E-state index in [9.17, 15) is 50.8 Å². The summed E-state index contributed by atoms with van der Waals surface area (Å²) in [5.41, 5.74) is -0.907. The summed E-state index contributed by atoms with van der Waals surface area (Å²) in [5.74, 6) is -1.13. The molecule has 9 N–H and O–H groups in total. The topological polar surface area (TPSA) is 240 Å². The van der Waals surface area contributed by atoms with Gasteiger partial charge in [0.25, 0.3) is 0 Å². The molecule has 0 amide bonds. The van der Waals surface area contributed by atoms with E-state index in [4.69, 9.17) is 18.6 Å². The molecule has 2 aliphatic rings. The lowest BCUT2D eigenvalue weighted by Crippen LogP contribution is -2.60. The Morgan fingerprint density at radius 3 is 2.15 bits per heavy atom. The van der Waals surface area contributed by atoms with Gasteiger partial charge in [-0.05, 0) is 31.2 Å². The molecule has 5 rings (SSSR count). The summed E-state index contributed by atoms with van der Waals surface area (Å²) in [7, 11) is 0. The lowest BCUT2D eigenvalue weighted by molar-refractivity contribution is -0.278. The van der Waals surface area contributed by atoms with Crippen molar-refractivity contribution in [3.8, 4) is 28.6 Å². The van der Waals surface area contributed by atoms with Gasteiger partial charge in [-0.1, -0.05) is 0 Å². The minimum Gasteiger partial charge on any atom is -0.508 e. The van der Waals surface area contributed by atoms with Crippen molar-refractivity contribution in [2.45, 2.75) is 68.1 Å². The molecule has 0 spiro atoms. The predicted molar refractivity (Wildman–Crippen MR) is 137 cm³/mol. The van der Waals surface area contributed by atoms with Crippen LogP contribution in [0.15, 0.2) is 45.6 Å².